The molecule has 1 aromatic heterocycles. The van der Waals surface area contributed by atoms with Gasteiger partial charge in [-0.05, 0) is 25.3 Å². The summed E-state index contributed by atoms with van der Waals surface area (Å²) < 4.78 is 0. The highest BCUT2D eigenvalue weighted by Crippen LogP contribution is 2.16. The Morgan fingerprint density at radius 1 is 0.913 bits per heavy atom. The molecule has 0 aliphatic heterocycles. The van der Waals surface area contributed by atoms with Gasteiger partial charge in [-0.1, -0.05) is 44.2 Å². The molecule has 5 heteroatoms. The molecule has 0 radical (unpaired) electrons. The van der Waals surface area contributed by atoms with Crippen molar-refractivity contribution in [1.29, 1.82) is 0 Å². The molecular formula is C18H27N5. The van der Waals surface area contributed by atoms with Gasteiger partial charge in [0, 0.05) is 26.2 Å². The number of rotatable bonds is 9. The lowest BCUT2D eigenvalue weighted by Crippen LogP contribution is -2.29. The monoisotopic (exact) mass is 313 g/mol. The zero-order valence-corrected chi connectivity index (χ0v) is 14.4. The summed E-state index contributed by atoms with van der Waals surface area (Å²) in [6.45, 7) is 10.1. The summed E-state index contributed by atoms with van der Waals surface area (Å²) in [5, 5.41) is 8.42. The molecule has 1 aromatic carbocycles. The number of aromatic nitrogens is 3. The van der Waals surface area contributed by atoms with Gasteiger partial charge in [-0.25, -0.2) is 0 Å². The molecule has 2 aromatic rings. The predicted molar refractivity (Wildman–Crippen MR) is 95.8 cm³/mol. The smallest absolute Gasteiger partial charge is 0.247 e. The summed E-state index contributed by atoms with van der Waals surface area (Å²) in [5.41, 5.74) is 1.27. The standard InChI is InChI=1S/C18H27N5/c1-4-12-23(13-5-2)18-20-17(14-19-21-18)22(6-3)15-16-10-8-7-9-11-16/h7-11,14H,4-6,12-13,15H2,1-3H3. The van der Waals surface area contributed by atoms with Crippen molar-refractivity contribution in [3.8, 4) is 0 Å². The molecular weight excluding hydrogens is 286 g/mol. The van der Waals surface area contributed by atoms with Crippen molar-refractivity contribution in [2.24, 2.45) is 0 Å². The Kier molecular flexibility index (Phi) is 6.78. The predicted octanol–water partition coefficient (Wildman–Crippen LogP) is 3.52. The van der Waals surface area contributed by atoms with Gasteiger partial charge in [-0.15, -0.1) is 5.10 Å². The highest BCUT2D eigenvalue weighted by Gasteiger charge is 2.13. The van der Waals surface area contributed by atoms with E-state index in [1.807, 2.05) is 6.07 Å². The Morgan fingerprint density at radius 3 is 2.22 bits per heavy atom. The highest BCUT2D eigenvalue weighted by atomic mass is 15.3. The fourth-order valence-electron chi connectivity index (χ4n) is 2.58. The second-order valence-electron chi connectivity index (χ2n) is 5.60. The lowest BCUT2D eigenvalue weighted by molar-refractivity contribution is 0.703. The van der Waals surface area contributed by atoms with Crippen LogP contribution in [0.5, 0.6) is 0 Å². The minimum atomic E-state index is 0.734. The van der Waals surface area contributed by atoms with E-state index in [9.17, 15) is 0 Å². The molecule has 0 bridgehead atoms. The normalized spacial score (nSPS) is 10.6. The van der Waals surface area contributed by atoms with Gasteiger partial charge < -0.3 is 9.80 Å². The Labute approximate surface area is 139 Å². The van der Waals surface area contributed by atoms with E-state index in [0.29, 0.717) is 0 Å². The van der Waals surface area contributed by atoms with Gasteiger partial charge in [0.05, 0.1) is 6.20 Å². The molecule has 124 valence electrons. The van der Waals surface area contributed by atoms with Crippen molar-refractivity contribution < 1.29 is 0 Å². The molecule has 2 rings (SSSR count). The number of anilines is 2. The quantitative estimate of drug-likeness (QED) is 0.708. The Hall–Kier alpha value is -2.17. The first-order valence-electron chi connectivity index (χ1n) is 8.52. The molecule has 0 aliphatic carbocycles. The summed E-state index contributed by atoms with van der Waals surface area (Å²) in [5.74, 6) is 1.62. The summed E-state index contributed by atoms with van der Waals surface area (Å²) in [6.07, 6.45) is 3.91. The van der Waals surface area contributed by atoms with Crippen LogP contribution in [-0.4, -0.2) is 34.8 Å². The van der Waals surface area contributed by atoms with Gasteiger partial charge in [0.2, 0.25) is 5.95 Å². The average Bonchev–Trinajstić information content (AvgIpc) is 2.60. The molecule has 0 spiro atoms. The number of benzene rings is 1. The molecule has 0 saturated heterocycles. The third-order valence-electron chi connectivity index (χ3n) is 3.73. The van der Waals surface area contributed by atoms with Gasteiger partial charge in [-0.2, -0.15) is 10.1 Å². The largest absolute Gasteiger partial charge is 0.351 e. The first-order chi connectivity index (χ1) is 11.3. The van der Waals surface area contributed by atoms with Crippen LogP contribution in [0.1, 0.15) is 39.2 Å². The first kappa shape index (κ1) is 17.2. The second kappa shape index (κ2) is 9.08. The maximum Gasteiger partial charge on any atom is 0.247 e. The van der Waals surface area contributed by atoms with E-state index in [2.05, 4.69) is 65.0 Å². The van der Waals surface area contributed by atoms with Gasteiger partial charge >= 0.3 is 0 Å². The van der Waals surface area contributed by atoms with E-state index in [1.165, 1.54) is 5.56 Å². The van der Waals surface area contributed by atoms with E-state index in [0.717, 1.165) is 50.8 Å². The van der Waals surface area contributed by atoms with Crippen LogP contribution >= 0.6 is 0 Å². The van der Waals surface area contributed by atoms with Crippen molar-refractivity contribution in [3.63, 3.8) is 0 Å². The van der Waals surface area contributed by atoms with E-state index < -0.39 is 0 Å². The molecule has 5 nitrogen and oxygen atoms in total. The SMILES string of the molecule is CCCN(CCC)c1nncc(N(CC)Cc2ccccc2)n1. The van der Waals surface area contributed by atoms with Crippen molar-refractivity contribution in [1.82, 2.24) is 15.2 Å². The minimum Gasteiger partial charge on any atom is -0.351 e. The Bertz CT molecular complexity index is 567. The molecule has 1 heterocycles. The lowest BCUT2D eigenvalue weighted by Gasteiger charge is -2.25. The van der Waals surface area contributed by atoms with Gasteiger partial charge in [0.25, 0.3) is 0 Å². The van der Waals surface area contributed by atoms with Gasteiger partial charge in [-0.3, -0.25) is 0 Å². The fourth-order valence-corrected chi connectivity index (χ4v) is 2.58. The molecule has 23 heavy (non-hydrogen) atoms. The second-order valence-corrected chi connectivity index (χ2v) is 5.60. The van der Waals surface area contributed by atoms with E-state index >= 15 is 0 Å². The van der Waals surface area contributed by atoms with Gasteiger partial charge in [0.1, 0.15) is 0 Å². The zero-order chi connectivity index (χ0) is 16.5. The van der Waals surface area contributed by atoms with Crippen LogP contribution in [0.4, 0.5) is 11.8 Å². The van der Waals surface area contributed by atoms with Crippen molar-refractivity contribution >= 4 is 11.8 Å². The summed E-state index contributed by atoms with van der Waals surface area (Å²) in [4.78, 5) is 9.20. The average molecular weight is 313 g/mol. The Balaban J connectivity index is 2.18. The van der Waals surface area contributed by atoms with Crippen molar-refractivity contribution in [2.45, 2.75) is 40.2 Å². The van der Waals surface area contributed by atoms with Crippen LogP contribution in [-0.2, 0) is 6.54 Å². The third kappa shape index (κ3) is 4.91. The summed E-state index contributed by atoms with van der Waals surface area (Å²) in [7, 11) is 0. The zero-order valence-electron chi connectivity index (χ0n) is 14.4. The summed E-state index contributed by atoms with van der Waals surface area (Å²) >= 11 is 0. The van der Waals surface area contributed by atoms with Crippen LogP contribution in [0.15, 0.2) is 36.5 Å². The third-order valence-corrected chi connectivity index (χ3v) is 3.73. The first-order valence-corrected chi connectivity index (χ1v) is 8.52. The van der Waals surface area contributed by atoms with Crippen molar-refractivity contribution in [3.05, 3.63) is 42.1 Å². The van der Waals surface area contributed by atoms with Crippen LogP contribution < -0.4 is 9.80 Å². The molecule has 0 atom stereocenters. The highest BCUT2D eigenvalue weighted by molar-refractivity contribution is 5.42. The van der Waals surface area contributed by atoms with E-state index in [-0.39, 0.29) is 0 Å². The number of nitrogens with zero attached hydrogens (tertiary/aromatic N) is 5. The van der Waals surface area contributed by atoms with E-state index in [1.54, 1.807) is 6.20 Å². The van der Waals surface area contributed by atoms with Crippen LogP contribution in [0, 0.1) is 0 Å². The van der Waals surface area contributed by atoms with Gasteiger partial charge in [0.15, 0.2) is 5.82 Å². The maximum atomic E-state index is 4.76. The van der Waals surface area contributed by atoms with Crippen LogP contribution in [0.3, 0.4) is 0 Å². The number of hydrogen-bond acceptors (Lipinski definition) is 5. The van der Waals surface area contributed by atoms with Crippen LogP contribution in [0.2, 0.25) is 0 Å². The topological polar surface area (TPSA) is 45.2 Å². The molecule has 0 N–H and O–H groups in total. The van der Waals surface area contributed by atoms with E-state index in [4.69, 9.17) is 4.98 Å². The Morgan fingerprint density at radius 2 is 1.61 bits per heavy atom. The molecule has 0 fully saturated rings. The fraction of sp³-hybridized carbons (Fsp3) is 0.500. The van der Waals surface area contributed by atoms with Crippen LogP contribution in [0.25, 0.3) is 0 Å². The number of hydrogen-bond donors (Lipinski definition) is 0. The maximum absolute atomic E-state index is 4.76. The van der Waals surface area contributed by atoms with Crippen molar-refractivity contribution in [2.75, 3.05) is 29.4 Å². The summed E-state index contributed by atoms with van der Waals surface area (Å²) in [6, 6.07) is 10.4. The minimum absolute atomic E-state index is 0.734. The lowest BCUT2D eigenvalue weighted by atomic mass is 10.2. The molecule has 0 aliphatic rings. The molecule has 0 amide bonds. The molecule has 0 saturated carbocycles. The molecule has 0 unspecified atom stereocenters.